The van der Waals surface area contributed by atoms with E-state index in [1.165, 1.54) is 0 Å². The molecule has 0 bridgehead atoms. The largest absolute Gasteiger partial charge is 0.336 e. The second-order valence-corrected chi connectivity index (χ2v) is 5.31. The lowest BCUT2D eigenvalue weighted by molar-refractivity contribution is -0.119. The summed E-state index contributed by atoms with van der Waals surface area (Å²) in [5, 5.41) is 5.55. The van der Waals surface area contributed by atoms with Crippen molar-refractivity contribution in [2.75, 3.05) is 16.8 Å². The van der Waals surface area contributed by atoms with Crippen molar-refractivity contribution in [1.29, 1.82) is 0 Å². The van der Waals surface area contributed by atoms with Crippen LogP contribution in [0.3, 0.4) is 0 Å². The second-order valence-electron chi connectivity index (χ2n) is 5.31. The Morgan fingerprint density at radius 1 is 1.30 bits per heavy atom. The van der Waals surface area contributed by atoms with Gasteiger partial charge in [0.1, 0.15) is 0 Å². The fourth-order valence-corrected chi connectivity index (χ4v) is 2.26. The van der Waals surface area contributed by atoms with E-state index in [1.807, 2.05) is 38.1 Å². The molecule has 1 fully saturated rings. The van der Waals surface area contributed by atoms with E-state index >= 15 is 0 Å². The van der Waals surface area contributed by atoms with Crippen molar-refractivity contribution in [3.05, 3.63) is 24.3 Å². The van der Waals surface area contributed by atoms with Crippen LogP contribution >= 0.6 is 0 Å². The van der Waals surface area contributed by atoms with Crippen LogP contribution in [-0.2, 0) is 4.79 Å². The lowest BCUT2D eigenvalue weighted by Crippen LogP contribution is -2.35. The molecule has 5 heteroatoms. The van der Waals surface area contributed by atoms with Gasteiger partial charge in [0.15, 0.2) is 0 Å². The molecule has 0 spiro atoms. The number of urea groups is 1. The van der Waals surface area contributed by atoms with E-state index in [0.717, 1.165) is 25.1 Å². The normalized spacial score (nSPS) is 15.3. The van der Waals surface area contributed by atoms with Crippen molar-refractivity contribution < 1.29 is 9.59 Å². The first-order valence-electron chi connectivity index (χ1n) is 7.04. The third-order valence-electron chi connectivity index (χ3n) is 3.16. The summed E-state index contributed by atoms with van der Waals surface area (Å²) in [5.41, 5.74) is 1.54. The third kappa shape index (κ3) is 3.73. The van der Waals surface area contributed by atoms with E-state index in [0.29, 0.717) is 12.1 Å². The molecule has 0 unspecified atom stereocenters. The van der Waals surface area contributed by atoms with Crippen LogP contribution in [0, 0.1) is 0 Å². The van der Waals surface area contributed by atoms with Gasteiger partial charge in [-0.3, -0.25) is 4.79 Å². The van der Waals surface area contributed by atoms with Gasteiger partial charge in [0.25, 0.3) is 0 Å². The first-order valence-corrected chi connectivity index (χ1v) is 7.04. The number of piperidine rings is 1. The van der Waals surface area contributed by atoms with Gasteiger partial charge >= 0.3 is 6.03 Å². The molecule has 5 nitrogen and oxygen atoms in total. The van der Waals surface area contributed by atoms with Gasteiger partial charge in [0, 0.05) is 30.4 Å². The summed E-state index contributed by atoms with van der Waals surface area (Å²) in [5.74, 6) is 0.153. The molecule has 1 heterocycles. The SMILES string of the molecule is CC(C)NC(=O)Nc1cccc(N2CCCCC2=O)c1. The van der Waals surface area contributed by atoms with Gasteiger partial charge in [-0.25, -0.2) is 4.79 Å². The molecule has 3 amide bonds. The van der Waals surface area contributed by atoms with Crippen molar-refractivity contribution in [1.82, 2.24) is 5.32 Å². The number of nitrogens with zero attached hydrogens (tertiary/aromatic N) is 1. The molecule has 1 aliphatic rings. The Morgan fingerprint density at radius 3 is 2.80 bits per heavy atom. The van der Waals surface area contributed by atoms with Crippen molar-refractivity contribution in [3.63, 3.8) is 0 Å². The topological polar surface area (TPSA) is 61.4 Å². The fraction of sp³-hybridized carbons (Fsp3) is 0.467. The molecule has 0 atom stereocenters. The minimum atomic E-state index is -0.234. The molecular formula is C15H21N3O2. The van der Waals surface area contributed by atoms with Gasteiger partial charge < -0.3 is 15.5 Å². The van der Waals surface area contributed by atoms with E-state index in [2.05, 4.69) is 10.6 Å². The highest BCUT2D eigenvalue weighted by atomic mass is 16.2. The Kier molecular flexibility index (Phi) is 4.61. The summed E-state index contributed by atoms with van der Waals surface area (Å²) in [6.07, 6.45) is 2.59. The smallest absolute Gasteiger partial charge is 0.319 e. The lowest BCUT2D eigenvalue weighted by Gasteiger charge is -2.27. The molecule has 2 rings (SSSR count). The van der Waals surface area contributed by atoms with Crippen LogP contribution in [0.15, 0.2) is 24.3 Å². The van der Waals surface area contributed by atoms with E-state index in [-0.39, 0.29) is 18.0 Å². The number of hydrogen-bond donors (Lipinski definition) is 2. The van der Waals surface area contributed by atoms with E-state index in [1.54, 1.807) is 4.90 Å². The molecule has 108 valence electrons. The average molecular weight is 275 g/mol. The number of hydrogen-bond acceptors (Lipinski definition) is 2. The summed E-state index contributed by atoms with van der Waals surface area (Å²) < 4.78 is 0. The first kappa shape index (κ1) is 14.4. The van der Waals surface area contributed by atoms with Gasteiger partial charge in [-0.05, 0) is 44.9 Å². The molecule has 0 radical (unpaired) electrons. The Morgan fingerprint density at radius 2 is 2.10 bits per heavy atom. The molecule has 20 heavy (non-hydrogen) atoms. The fourth-order valence-electron chi connectivity index (χ4n) is 2.26. The van der Waals surface area contributed by atoms with Crippen molar-refractivity contribution in [2.24, 2.45) is 0 Å². The van der Waals surface area contributed by atoms with Gasteiger partial charge in [-0.15, -0.1) is 0 Å². The van der Waals surface area contributed by atoms with Crippen LogP contribution in [0.25, 0.3) is 0 Å². The minimum absolute atomic E-state index is 0.0851. The van der Waals surface area contributed by atoms with Crippen LogP contribution in [0.2, 0.25) is 0 Å². The molecular weight excluding hydrogens is 254 g/mol. The monoisotopic (exact) mass is 275 g/mol. The Labute approximate surface area is 119 Å². The zero-order valence-corrected chi connectivity index (χ0v) is 12.0. The third-order valence-corrected chi connectivity index (χ3v) is 3.16. The molecule has 2 N–H and O–H groups in total. The standard InChI is InChI=1S/C15H21N3O2/c1-11(2)16-15(20)17-12-6-5-7-13(10-12)18-9-4-3-8-14(18)19/h5-7,10-11H,3-4,8-9H2,1-2H3,(H2,16,17,20). The zero-order chi connectivity index (χ0) is 14.5. The number of anilines is 2. The van der Waals surface area contributed by atoms with Crippen LogP contribution in [0.4, 0.5) is 16.2 Å². The molecule has 1 aromatic rings. The van der Waals surface area contributed by atoms with Crippen LogP contribution in [-0.4, -0.2) is 24.5 Å². The van der Waals surface area contributed by atoms with Crippen LogP contribution in [0.1, 0.15) is 33.1 Å². The summed E-state index contributed by atoms with van der Waals surface area (Å²) in [4.78, 5) is 25.4. The summed E-state index contributed by atoms with van der Waals surface area (Å²) in [6, 6.07) is 7.25. The van der Waals surface area contributed by atoms with Gasteiger partial charge in [-0.2, -0.15) is 0 Å². The van der Waals surface area contributed by atoms with Gasteiger partial charge in [0.05, 0.1) is 0 Å². The molecule has 0 aromatic heterocycles. The van der Waals surface area contributed by atoms with E-state index in [4.69, 9.17) is 0 Å². The highest BCUT2D eigenvalue weighted by Gasteiger charge is 2.19. The maximum Gasteiger partial charge on any atom is 0.319 e. The number of amides is 3. The maximum atomic E-state index is 11.9. The highest BCUT2D eigenvalue weighted by Crippen LogP contribution is 2.23. The van der Waals surface area contributed by atoms with Gasteiger partial charge in [-0.1, -0.05) is 6.07 Å². The maximum absolute atomic E-state index is 11.9. The highest BCUT2D eigenvalue weighted by molar-refractivity contribution is 5.95. The van der Waals surface area contributed by atoms with Crippen molar-refractivity contribution in [2.45, 2.75) is 39.2 Å². The Balaban J connectivity index is 2.07. The quantitative estimate of drug-likeness (QED) is 0.891. The predicted octanol–water partition coefficient (Wildman–Crippen LogP) is 2.73. The van der Waals surface area contributed by atoms with Crippen LogP contribution < -0.4 is 15.5 Å². The molecule has 0 saturated carbocycles. The molecule has 1 aliphatic heterocycles. The number of carbonyl (C=O) groups is 2. The summed E-state index contributed by atoms with van der Waals surface area (Å²) >= 11 is 0. The number of carbonyl (C=O) groups excluding carboxylic acids is 2. The Bertz CT molecular complexity index is 500. The van der Waals surface area contributed by atoms with Crippen LogP contribution in [0.5, 0.6) is 0 Å². The molecule has 1 aromatic carbocycles. The summed E-state index contributed by atoms with van der Waals surface area (Å²) in [7, 11) is 0. The van der Waals surface area contributed by atoms with Crippen molar-refractivity contribution in [3.8, 4) is 0 Å². The molecule has 1 saturated heterocycles. The van der Waals surface area contributed by atoms with Crippen molar-refractivity contribution >= 4 is 23.3 Å². The van der Waals surface area contributed by atoms with E-state index in [9.17, 15) is 9.59 Å². The second kappa shape index (κ2) is 6.41. The zero-order valence-electron chi connectivity index (χ0n) is 12.0. The lowest BCUT2D eigenvalue weighted by atomic mass is 10.1. The first-order chi connectivity index (χ1) is 9.56. The molecule has 0 aliphatic carbocycles. The minimum Gasteiger partial charge on any atom is -0.336 e. The summed E-state index contributed by atoms with van der Waals surface area (Å²) in [6.45, 7) is 4.56. The Hall–Kier alpha value is -2.04. The average Bonchev–Trinajstić information content (AvgIpc) is 2.38. The predicted molar refractivity (Wildman–Crippen MR) is 79.9 cm³/mol. The number of benzene rings is 1. The number of nitrogens with one attached hydrogen (secondary N) is 2. The van der Waals surface area contributed by atoms with Gasteiger partial charge in [0.2, 0.25) is 5.91 Å². The van der Waals surface area contributed by atoms with E-state index < -0.39 is 0 Å². The number of rotatable bonds is 3.